The zero-order chi connectivity index (χ0) is 13.4. The van der Waals surface area contributed by atoms with Crippen LogP contribution >= 0.6 is 0 Å². The maximum absolute atomic E-state index is 13.0. The minimum atomic E-state index is -5.68. The minimum Gasteiger partial charge on any atom is -0.495 e. The maximum Gasteiger partial charge on any atom is 1.00 e. The molecule has 1 rings (SSSR count). The molecule has 18 heavy (non-hydrogen) atoms. The maximum atomic E-state index is 13.0. The van der Waals surface area contributed by atoms with Gasteiger partial charge in [-0.1, -0.05) is 5.46 Å². The number of rotatable bonds is 3. The molecular formula is C7H5BF5KO3S. The van der Waals surface area contributed by atoms with Gasteiger partial charge in [0, 0.05) is 0 Å². The molecule has 0 spiro atoms. The first-order chi connectivity index (χ1) is 7.57. The van der Waals surface area contributed by atoms with Crippen molar-refractivity contribution in [2.24, 2.45) is 0 Å². The summed E-state index contributed by atoms with van der Waals surface area (Å²) in [6, 6.07) is 0.0561. The van der Waals surface area contributed by atoms with Gasteiger partial charge in [0.05, 0.1) is 12.9 Å². The molecule has 3 nitrogen and oxygen atoms in total. The van der Waals surface area contributed by atoms with E-state index in [1.54, 1.807) is 0 Å². The zero-order valence-corrected chi connectivity index (χ0v) is 13.2. The molecule has 0 aromatic heterocycles. The molecule has 0 N–H and O–H groups in total. The number of methoxy groups -OCH3 is 1. The van der Waals surface area contributed by atoms with Crippen molar-refractivity contribution in [3.63, 3.8) is 0 Å². The largest absolute Gasteiger partial charge is 1.00 e. The summed E-state index contributed by atoms with van der Waals surface area (Å²) < 4.78 is 87.9. The van der Waals surface area contributed by atoms with Gasteiger partial charge in [0.2, 0.25) is 0 Å². The fourth-order valence-corrected chi connectivity index (χ4v) is 1.78. The standard InChI is InChI=1S/C7H5BF5O3S.K/c1-16-6-2-4(8(10,11)12)5(9)3-7(6)17(13,14)15;/h2-3H,1H3;/q-1;+1. The van der Waals surface area contributed by atoms with E-state index >= 15 is 0 Å². The quantitative estimate of drug-likeness (QED) is 0.390. The molecular weight excluding hydrogens is 309 g/mol. The fraction of sp³-hybridized carbons (Fsp3) is 0.143. The molecule has 1 aromatic carbocycles. The van der Waals surface area contributed by atoms with Crippen molar-refractivity contribution in [1.29, 1.82) is 0 Å². The molecule has 0 amide bonds. The number of hydrogen-bond acceptors (Lipinski definition) is 3. The fourth-order valence-electron chi connectivity index (χ4n) is 1.15. The molecule has 0 atom stereocenters. The molecule has 1 aromatic rings. The van der Waals surface area contributed by atoms with Crippen LogP contribution in [0.1, 0.15) is 0 Å². The first-order valence-electron chi connectivity index (χ1n) is 4.09. The molecule has 0 heterocycles. The smallest absolute Gasteiger partial charge is 0.495 e. The Morgan fingerprint density at radius 3 is 2.06 bits per heavy atom. The van der Waals surface area contributed by atoms with Gasteiger partial charge in [-0.05, 0) is 12.1 Å². The monoisotopic (exact) mass is 314 g/mol. The molecule has 0 saturated heterocycles. The van der Waals surface area contributed by atoms with Crippen molar-refractivity contribution in [1.82, 2.24) is 0 Å². The molecule has 0 aliphatic rings. The van der Waals surface area contributed by atoms with Gasteiger partial charge in [-0.3, -0.25) is 0 Å². The second-order valence-corrected chi connectivity index (χ2v) is 4.35. The van der Waals surface area contributed by atoms with E-state index in [0.717, 1.165) is 7.11 Å². The van der Waals surface area contributed by atoms with Crippen LogP contribution in [0.2, 0.25) is 0 Å². The molecule has 0 saturated carbocycles. The van der Waals surface area contributed by atoms with Crippen molar-refractivity contribution < 1.29 is 85.8 Å². The van der Waals surface area contributed by atoms with Crippen molar-refractivity contribution in [2.75, 3.05) is 7.11 Å². The Morgan fingerprint density at radius 1 is 1.22 bits per heavy atom. The average Bonchev–Trinajstić information content (AvgIpc) is 2.14. The summed E-state index contributed by atoms with van der Waals surface area (Å²) in [5.41, 5.74) is -1.67. The van der Waals surface area contributed by atoms with Crippen molar-refractivity contribution in [2.45, 2.75) is 4.90 Å². The van der Waals surface area contributed by atoms with Crippen LogP contribution in [0.3, 0.4) is 0 Å². The van der Waals surface area contributed by atoms with Crippen LogP contribution in [0.5, 0.6) is 5.75 Å². The van der Waals surface area contributed by atoms with Gasteiger partial charge in [-0.25, -0.2) is 4.39 Å². The van der Waals surface area contributed by atoms with E-state index in [1.165, 1.54) is 0 Å². The van der Waals surface area contributed by atoms with E-state index < -0.39 is 39.1 Å². The van der Waals surface area contributed by atoms with E-state index in [4.69, 9.17) is 0 Å². The summed E-state index contributed by atoms with van der Waals surface area (Å²) in [5, 5.41) is 0. The van der Waals surface area contributed by atoms with E-state index in [9.17, 15) is 29.6 Å². The summed E-state index contributed by atoms with van der Waals surface area (Å²) in [6.07, 6.45) is 0. The van der Waals surface area contributed by atoms with E-state index in [0.29, 0.717) is 0 Å². The van der Waals surface area contributed by atoms with E-state index in [-0.39, 0.29) is 63.5 Å². The van der Waals surface area contributed by atoms with Crippen molar-refractivity contribution >= 4 is 22.7 Å². The zero-order valence-electron chi connectivity index (χ0n) is 9.25. The predicted molar refractivity (Wildman–Crippen MR) is 50.0 cm³/mol. The molecule has 0 fully saturated rings. The summed E-state index contributed by atoms with van der Waals surface area (Å²) in [6.45, 7) is -5.68. The van der Waals surface area contributed by atoms with Crippen LogP contribution in [-0.4, -0.2) is 22.5 Å². The van der Waals surface area contributed by atoms with Gasteiger partial charge in [0.15, 0.2) is 0 Å². The Kier molecular flexibility index (Phi) is 6.29. The van der Waals surface area contributed by atoms with Crippen molar-refractivity contribution in [3.8, 4) is 5.75 Å². The normalized spacial score (nSPS) is 11.9. The molecule has 0 aliphatic carbocycles. The number of hydrogen-bond donors (Lipinski definition) is 0. The third-order valence-electron chi connectivity index (χ3n) is 1.90. The number of ether oxygens (including phenoxy) is 1. The van der Waals surface area contributed by atoms with Crippen LogP contribution in [-0.2, 0) is 10.2 Å². The van der Waals surface area contributed by atoms with Crippen LogP contribution < -0.4 is 61.6 Å². The van der Waals surface area contributed by atoms with Gasteiger partial charge in [0.1, 0.15) is 10.6 Å². The molecule has 11 heteroatoms. The summed E-state index contributed by atoms with van der Waals surface area (Å²) >= 11 is 0. The second kappa shape index (κ2) is 6.18. The molecule has 0 radical (unpaired) electrons. The minimum absolute atomic E-state index is 0. The Labute approximate surface area is 142 Å². The van der Waals surface area contributed by atoms with E-state index in [1.807, 2.05) is 0 Å². The van der Waals surface area contributed by atoms with Gasteiger partial charge in [-0.15, -0.1) is 3.89 Å². The Balaban J connectivity index is 0.00000289. The summed E-state index contributed by atoms with van der Waals surface area (Å²) in [4.78, 5) is -1.28. The summed E-state index contributed by atoms with van der Waals surface area (Å²) in [7, 11) is -4.51. The van der Waals surface area contributed by atoms with Gasteiger partial charge in [0.25, 0.3) is 0 Å². The van der Waals surface area contributed by atoms with Crippen LogP contribution in [0.4, 0.5) is 21.2 Å². The van der Waals surface area contributed by atoms with Gasteiger partial charge in [-0.2, -0.15) is 8.42 Å². The van der Waals surface area contributed by atoms with Crippen LogP contribution in [0.15, 0.2) is 17.0 Å². The number of benzene rings is 1. The van der Waals surface area contributed by atoms with Gasteiger partial charge < -0.3 is 17.7 Å². The Bertz CT molecular complexity index is 545. The topological polar surface area (TPSA) is 43.4 Å². The SMILES string of the molecule is COc1cc([B-](F)(F)F)c(F)cc1S(=O)(=O)F.[K+]. The molecule has 0 unspecified atom stereocenters. The third-order valence-corrected chi connectivity index (χ3v) is 2.74. The third kappa shape index (κ3) is 4.17. The van der Waals surface area contributed by atoms with Gasteiger partial charge >= 0.3 is 68.6 Å². The van der Waals surface area contributed by atoms with Crippen molar-refractivity contribution in [3.05, 3.63) is 17.9 Å². The van der Waals surface area contributed by atoms with Crippen LogP contribution in [0.25, 0.3) is 0 Å². The average molecular weight is 314 g/mol. The summed E-state index contributed by atoms with van der Waals surface area (Å²) in [5.74, 6) is -2.77. The van der Waals surface area contributed by atoms with E-state index in [2.05, 4.69) is 4.74 Å². The second-order valence-electron chi connectivity index (χ2n) is 3.04. The molecule has 0 bridgehead atoms. The molecule has 96 valence electrons. The number of halogens is 5. The molecule has 0 aliphatic heterocycles. The first kappa shape index (κ1) is 18.3. The van der Waals surface area contributed by atoms with Crippen LogP contribution in [0, 0.1) is 5.82 Å². The predicted octanol–water partition coefficient (Wildman–Crippen LogP) is -1.45. The Hall–Kier alpha value is 0.321. The Morgan fingerprint density at radius 2 is 1.72 bits per heavy atom. The first-order valence-corrected chi connectivity index (χ1v) is 5.47.